The molecular weight excluding hydrogens is 258 g/mol. The predicted molar refractivity (Wildman–Crippen MR) is 75.6 cm³/mol. The third kappa shape index (κ3) is 3.77. The fraction of sp³-hybridized carbons (Fsp3) is 0.857. The Morgan fingerprint density at radius 2 is 1.90 bits per heavy atom. The molecule has 20 heavy (non-hydrogen) atoms. The van der Waals surface area contributed by atoms with Crippen LogP contribution in [0, 0.1) is 0 Å². The zero-order valence-corrected chi connectivity index (χ0v) is 12.6. The largest absolute Gasteiger partial charge is 0.444 e. The number of hydrogen-bond donors (Lipinski definition) is 1. The molecular formula is C14H25N3O3. The van der Waals surface area contributed by atoms with Crippen LogP contribution in [0.2, 0.25) is 0 Å². The summed E-state index contributed by atoms with van der Waals surface area (Å²) in [6.45, 7) is 8.52. The molecule has 0 saturated carbocycles. The fourth-order valence-corrected chi connectivity index (χ4v) is 2.68. The van der Waals surface area contributed by atoms with Crippen LogP contribution >= 0.6 is 0 Å². The average molecular weight is 283 g/mol. The second-order valence-corrected chi connectivity index (χ2v) is 6.48. The summed E-state index contributed by atoms with van der Waals surface area (Å²) in [4.78, 5) is 27.4. The number of nitrogens with zero attached hydrogens (tertiary/aromatic N) is 2. The number of urea groups is 1. The van der Waals surface area contributed by atoms with Crippen molar-refractivity contribution in [2.45, 2.75) is 51.7 Å². The van der Waals surface area contributed by atoms with Gasteiger partial charge in [-0.25, -0.2) is 9.59 Å². The molecule has 114 valence electrons. The van der Waals surface area contributed by atoms with Gasteiger partial charge in [0, 0.05) is 32.2 Å². The van der Waals surface area contributed by atoms with E-state index in [0.29, 0.717) is 13.1 Å². The molecule has 0 spiro atoms. The molecule has 0 aromatic carbocycles. The van der Waals surface area contributed by atoms with Crippen molar-refractivity contribution in [2.24, 2.45) is 0 Å². The third-order valence-corrected chi connectivity index (χ3v) is 3.67. The maximum Gasteiger partial charge on any atom is 0.410 e. The second-order valence-electron chi connectivity index (χ2n) is 6.48. The summed E-state index contributed by atoms with van der Waals surface area (Å²) in [6, 6.07) is 0.279. The van der Waals surface area contributed by atoms with Crippen molar-refractivity contribution >= 4 is 12.1 Å². The molecule has 6 nitrogen and oxygen atoms in total. The highest BCUT2D eigenvalue weighted by atomic mass is 16.6. The monoisotopic (exact) mass is 283 g/mol. The van der Waals surface area contributed by atoms with Gasteiger partial charge in [0.2, 0.25) is 0 Å². The average Bonchev–Trinajstić information content (AvgIpc) is 2.37. The number of carbonyl (C=O) groups excluding carboxylic acids is 2. The maximum absolute atomic E-state index is 12.0. The van der Waals surface area contributed by atoms with Gasteiger partial charge in [0.1, 0.15) is 5.60 Å². The van der Waals surface area contributed by atoms with Crippen LogP contribution in [0.15, 0.2) is 0 Å². The van der Waals surface area contributed by atoms with Crippen LogP contribution in [-0.2, 0) is 4.74 Å². The van der Waals surface area contributed by atoms with Crippen LogP contribution in [0.5, 0.6) is 0 Å². The van der Waals surface area contributed by atoms with E-state index in [1.54, 1.807) is 4.90 Å². The number of piperidine rings is 1. The van der Waals surface area contributed by atoms with E-state index in [0.717, 1.165) is 32.4 Å². The van der Waals surface area contributed by atoms with Crippen molar-refractivity contribution in [2.75, 3.05) is 26.2 Å². The van der Waals surface area contributed by atoms with Crippen LogP contribution in [0.3, 0.4) is 0 Å². The number of ether oxygens (including phenoxy) is 1. The molecule has 1 N–H and O–H groups in total. The van der Waals surface area contributed by atoms with Gasteiger partial charge in [-0.3, -0.25) is 0 Å². The molecule has 0 radical (unpaired) electrons. The number of nitrogens with one attached hydrogen (secondary N) is 1. The molecule has 2 rings (SSSR count). The molecule has 2 aliphatic rings. The summed E-state index contributed by atoms with van der Waals surface area (Å²) < 4.78 is 5.37. The zero-order chi connectivity index (χ0) is 14.8. The van der Waals surface area contributed by atoms with Crippen LogP contribution in [0.4, 0.5) is 9.59 Å². The first-order valence-electron chi connectivity index (χ1n) is 7.39. The highest BCUT2D eigenvalue weighted by molar-refractivity contribution is 5.75. The number of rotatable bonds is 1. The van der Waals surface area contributed by atoms with Gasteiger partial charge in [-0.15, -0.1) is 0 Å². The maximum atomic E-state index is 12.0. The lowest BCUT2D eigenvalue weighted by Gasteiger charge is -2.40. The van der Waals surface area contributed by atoms with Gasteiger partial charge >= 0.3 is 12.1 Å². The van der Waals surface area contributed by atoms with Gasteiger partial charge in [0.15, 0.2) is 0 Å². The Balaban J connectivity index is 1.83. The van der Waals surface area contributed by atoms with Gasteiger partial charge in [-0.05, 0) is 40.0 Å². The lowest BCUT2D eigenvalue weighted by atomic mass is 10.0. The van der Waals surface area contributed by atoms with Crippen LogP contribution in [-0.4, -0.2) is 59.7 Å². The summed E-state index contributed by atoms with van der Waals surface area (Å²) in [6.07, 6.45) is 2.40. The van der Waals surface area contributed by atoms with E-state index in [2.05, 4.69) is 5.32 Å². The molecule has 2 heterocycles. The predicted octanol–water partition coefficient (Wildman–Crippen LogP) is 1.80. The van der Waals surface area contributed by atoms with E-state index in [-0.39, 0.29) is 18.2 Å². The van der Waals surface area contributed by atoms with Crippen molar-refractivity contribution in [1.29, 1.82) is 0 Å². The van der Waals surface area contributed by atoms with Crippen molar-refractivity contribution < 1.29 is 14.3 Å². The van der Waals surface area contributed by atoms with Gasteiger partial charge in [-0.1, -0.05) is 0 Å². The lowest BCUT2D eigenvalue weighted by molar-refractivity contribution is 0.0160. The third-order valence-electron chi connectivity index (χ3n) is 3.67. The fourth-order valence-electron chi connectivity index (χ4n) is 2.68. The molecule has 0 aromatic heterocycles. The van der Waals surface area contributed by atoms with E-state index >= 15 is 0 Å². The Morgan fingerprint density at radius 1 is 1.25 bits per heavy atom. The minimum atomic E-state index is -0.458. The van der Waals surface area contributed by atoms with E-state index in [4.69, 9.17) is 4.74 Å². The van der Waals surface area contributed by atoms with Gasteiger partial charge in [0.25, 0.3) is 0 Å². The smallest absolute Gasteiger partial charge is 0.410 e. The van der Waals surface area contributed by atoms with Gasteiger partial charge in [0.05, 0.1) is 0 Å². The quantitative estimate of drug-likeness (QED) is 0.798. The Morgan fingerprint density at radius 3 is 2.45 bits per heavy atom. The Labute approximate surface area is 120 Å². The molecule has 0 atom stereocenters. The van der Waals surface area contributed by atoms with E-state index < -0.39 is 5.60 Å². The topological polar surface area (TPSA) is 61.9 Å². The van der Waals surface area contributed by atoms with Crippen molar-refractivity contribution in [3.8, 4) is 0 Å². The number of carbonyl (C=O) groups is 2. The van der Waals surface area contributed by atoms with Crippen LogP contribution in [0.25, 0.3) is 0 Å². The highest BCUT2D eigenvalue weighted by Crippen LogP contribution is 2.20. The molecule has 2 saturated heterocycles. The van der Waals surface area contributed by atoms with Crippen LogP contribution in [0.1, 0.15) is 40.0 Å². The first-order chi connectivity index (χ1) is 9.37. The van der Waals surface area contributed by atoms with E-state index in [1.165, 1.54) is 0 Å². The number of likely N-dealkylation sites (tertiary alicyclic amines) is 1. The first-order valence-corrected chi connectivity index (χ1v) is 7.39. The summed E-state index contributed by atoms with van der Waals surface area (Å²) in [7, 11) is 0. The number of hydrogen-bond acceptors (Lipinski definition) is 3. The molecule has 6 heteroatoms. The standard InChI is InChI=1S/C14H25N3O3/c1-14(2,3)20-13(19)16-9-5-11(6-10-16)17-8-4-7-15-12(17)18/h11H,4-10H2,1-3H3,(H,15,18). The molecule has 0 bridgehead atoms. The van der Waals surface area contributed by atoms with Crippen molar-refractivity contribution in [1.82, 2.24) is 15.1 Å². The number of amides is 3. The van der Waals surface area contributed by atoms with Gasteiger partial charge in [-0.2, -0.15) is 0 Å². The molecule has 0 aliphatic carbocycles. The first kappa shape index (κ1) is 14.9. The summed E-state index contributed by atoms with van der Waals surface area (Å²) in [5, 5.41) is 2.88. The van der Waals surface area contributed by atoms with Crippen molar-refractivity contribution in [3.63, 3.8) is 0 Å². The van der Waals surface area contributed by atoms with Gasteiger partial charge < -0.3 is 19.9 Å². The molecule has 0 aromatic rings. The SMILES string of the molecule is CC(C)(C)OC(=O)N1CCC(N2CCCNC2=O)CC1. The molecule has 2 fully saturated rings. The lowest BCUT2D eigenvalue weighted by Crippen LogP contribution is -2.55. The highest BCUT2D eigenvalue weighted by Gasteiger charge is 2.32. The Bertz CT molecular complexity index is 370. The summed E-state index contributed by atoms with van der Waals surface area (Å²) in [5.74, 6) is 0. The summed E-state index contributed by atoms with van der Waals surface area (Å²) >= 11 is 0. The minimum Gasteiger partial charge on any atom is -0.444 e. The normalized spacial score (nSPS) is 21.6. The minimum absolute atomic E-state index is 0.0342. The van der Waals surface area contributed by atoms with E-state index in [1.807, 2.05) is 25.7 Å². The van der Waals surface area contributed by atoms with Crippen molar-refractivity contribution in [3.05, 3.63) is 0 Å². The second kappa shape index (κ2) is 5.89. The van der Waals surface area contributed by atoms with E-state index in [9.17, 15) is 9.59 Å². The molecule has 0 unspecified atom stereocenters. The Hall–Kier alpha value is -1.46. The Kier molecular flexibility index (Phi) is 4.40. The molecule has 3 amide bonds. The summed E-state index contributed by atoms with van der Waals surface area (Å²) in [5.41, 5.74) is -0.458. The molecule has 2 aliphatic heterocycles. The zero-order valence-electron chi connectivity index (χ0n) is 12.6. The van der Waals surface area contributed by atoms with Crippen LogP contribution < -0.4 is 5.32 Å².